The van der Waals surface area contributed by atoms with Crippen LogP contribution in [0.3, 0.4) is 0 Å². The fraction of sp³-hybridized carbons (Fsp3) is 0. The first-order valence-electron chi connectivity index (χ1n) is 5.10. The van der Waals surface area contributed by atoms with Crippen LogP contribution in [0.2, 0.25) is 5.15 Å². The zero-order chi connectivity index (χ0) is 13.8. The van der Waals surface area contributed by atoms with E-state index in [1.165, 1.54) is 18.5 Å². The molecule has 7 nitrogen and oxygen atoms in total. The summed E-state index contributed by atoms with van der Waals surface area (Å²) in [5, 5.41) is 13.0. The molecule has 0 saturated carbocycles. The lowest BCUT2D eigenvalue weighted by molar-refractivity contribution is -0.385. The highest BCUT2D eigenvalue weighted by Crippen LogP contribution is 2.26. The number of aromatic nitrogens is 2. The van der Waals surface area contributed by atoms with Gasteiger partial charge in [0.25, 0.3) is 5.91 Å². The summed E-state index contributed by atoms with van der Waals surface area (Å²) in [6.07, 6.45) is 4.20. The first-order valence-corrected chi connectivity index (χ1v) is 5.47. The summed E-state index contributed by atoms with van der Waals surface area (Å²) in [5.41, 5.74) is -0.255. The SMILES string of the molecule is O=C(Nc1cccnc1)c1ccnc(Cl)c1[N+](=O)[O-]. The van der Waals surface area contributed by atoms with E-state index in [1.54, 1.807) is 18.3 Å². The minimum absolute atomic E-state index is 0.158. The van der Waals surface area contributed by atoms with Crippen molar-refractivity contribution in [3.05, 3.63) is 57.6 Å². The van der Waals surface area contributed by atoms with Gasteiger partial charge in [0.2, 0.25) is 5.15 Å². The standard InChI is InChI=1S/C11H7ClN4O3/c12-10-9(16(18)19)8(3-5-14-10)11(17)15-7-2-1-4-13-6-7/h1-6H,(H,15,17). The summed E-state index contributed by atoms with van der Waals surface area (Å²) in [6, 6.07) is 4.47. The molecule has 0 bridgehead atoms. The number of amides is 1. The first kappa shape index (κ1) is 12.9. The topological polar surface area (TPSA) is 98.0 Å². The second kappa shape index (κ2) is 5.40. The van der Waals surface area contributed by atoms with Crippen LogP contribution in [0.25, 0.3) is 0 Å². The van der Waals surface area contributed by atoms with E-state index in [9.17, 15) is 14.9 Å². The Bertz CT molecular complexity index is 633. The quantitative estimate of drug-likeness (QED) is 0.527. The number of hydrogen-bond acceptors (Lipinski definition) is 5. The Morgan fingerprint density at radius 1 is 1.37 bits per heavy atom. The van der Waals surface area contributed by atoms with Crippen LogP contribution in [-0.4, -0.2) is 20.8 Å². The number of pyridine rings is 2. The molecule has 0 atom stereocenters. The Morgan fingerprint density at radius 3 is 2.79 bits per heavy atom. The van der Waals surface area contributed by atoms with Gasteiger partial charge in [0.15, 0.2) is 0 Å². The van der Waals surface area contributed by atoms with Crippen molar-refractivity contribution in [3.8, 4) is 0 Å². The van der Waals surface area contributed by atoms with Crippen molar-refractivity contribution >= 4 is 28.9 Å². The molecule has 0 aliphatic carbocycles. The van der Waals surface area contributed by atoms with Crippen molar-refractivity contribution in [1.29, 1.82) is 0 Å². The summed E-state index contributed by atoms with van der Waals surface area (Å²) in [6.45, 7) is 0. The molecule has 96 valence electrons. The van der Waals surface area contributed by atoms with Gasteiger partial charge >= 0.3 is 5.69 Å². The van der Waals surface area contributed by atoms with Crippen molar-refractivity contribution < 1.29 is 9.72 Å². The molecule has 1 amide bonds. The van der Waals surface area contributed by atoms with Crippen LogP contribution < -0.4 is 5.32 Å². The molecule has 1 N–H and O–H groups in total. The zero-order valence-corrected chi connectivity index (χ0v) is 10.2. The van der Waals surface area contributed by atoms with Crippen LogP contribution in [0.1, 0.15) is 10.4 Å². The lowest BCUT2D eigenvalue weighted by atomic mass is 10.2. The van der Waals surface area contributed by atoms with Crippen molar-refractivity contribution in [3.63, 3.8) is 0 Å². The van der Waals surface area contributed by atoms with E-state index in [-0.39, 0.29) is 10.7 Å². The lowest BCUT2D eigenvalue weighted by Crippen LogP contribution is -2.14. The summed E-state index contributed by atoms with van der Waals surface area (Å²) in [4.78, 5) is 29.5. The van der Waals surface area contributed by atoms with Gasteiger partial charge in [-0.15, -0.1) is 0 Å². The maximum Gasteiger partial charge on any atom is 0.319 e. The number of carbonyl (C=O) groups excluding carboxylic acids is 1. The minimum Gasteiger partial charge on any atom is -0.320 e. The van der Waals surface area contributed by atoms with E-state index in [1.807, 2.05) is 0 Å². The van der Waals surface area contributed by atoms with Crippen LogP contribution in [0.4, 0.5) is 11.4 Å². The highest BCUT2D eigenvalue weighted by atomic mass is 35.5. The van der Waals surface area contributed by atoms with Crippen LogP contribution in [-0.2, 0) is 0 Å². The van der Waals surface area contributed by atoms with Gasteiger partial charge in [-0.3, -0.25) is 19.9 Å². The molecule has 19 heavy (non-hydrogen) atoms. The average Bonchev–Trinajstić information content (AvgIpc) is 2.39. The van der Waals surface area contributed by atoms with Crippen molar-refractivity contribution in [2.75, 3.05) is 5.32 Å². The van der Waals surface area contributed by atoms with Gasteiger partial charge in [0, 0.05) is 12.4 Å². The molecular weight excluding hydrogens is 272 g/mol. The van der Waals surface area contributed by atoms with E-state index in [4.69, 9.17) is 11.6 Å². The zero-order valence-electron chi connectivity index (χ0n) is 9.41. The first-order chi connectivity index (χ1) is 9.09. The Kier molecular flexibility index (Phi) is 3.67. The third-order valence-corrected chi connectivity index (χ3v) is 2.50. The molecule has 2 heterocycles. The highest BCUT2D eigenvalue weighted by molar-refractivity contribution is 6.32. The average molecular weight is 279 g/mol. The van der Waals surface area contributed by atoms with Crippen LogP contribution in [0, 0.1) is 10.1 Å². The lowest BCUT2D eigenvalue weighted by Gasteiger charge is -2.05. The number of nitrogens with zero attached hydrogens (tertiary/aromatic N) is 3. The fourth-order valence-corrected chi connectivity index (χ4v) is 1.65. The summed E-state index contributed by atoms with van der Waals surface area (Å²) < 4.78 is 0. The molecule has 0 fully saturated rings. The van der Waals surface area contributed by atoms with Crippen molar-refractivity contribution in [2.45, 2.75) is 0 Å². The molecule has 0 spiro atoms. The fourth-order valence-electron chi connectivity index (χ4n) is 1.42. The molecule has 2 aromatic rings. The number of carbonyl (C=O) groups is 1. The third-order valence-electron chi connectivity index (χ3n) is 2.23. The number of hydrogen-bond donors (Lipinski definition) is 1. The molecular formula is C11H7ClN4O3. The maximum absolute atomic E-state index is 12.0. The molecule has 0 aromatic carbocycles. The smallest absolute Gasteiger partial charge is 0.319 e. The maximum atomic E-state index is 12.0. The summed E-state index contributed by atoms with van der Waals surface area (Å²) in [5.74, 6) is -0.649. The Labute approximate surface area is 112 Å². The largest absolute Gasteiger partial charge is 0.320 e. The van der Waals surface area contributed by atoms with Gasteiger partial charge < -0.3 is 5.32 Å². The molecule has 0 saturated heterocycles. The second-order valence-corrected chi connectivity index (χ2v) is 3.81. The predicted octanol–water partition coefficient (Wildman–Crippen LogP) is 2.29. The van der Waals surface area contributed by atoms with Gasteiger partial charge in [0.05, 0.1) is 16.8 Å². The van der Waals surface area contributed by atoms with Crippen LogP contribution in [0.15, 0.2) is 36.8 Å². The molecule has 0 aliphatic heterocycles. The van der Waals surface area contributed by atoms with E-state index >= 15 is 0 Å². The molecule has 2 rings (SSSR count). The number of nitrogens with one attached hydrogen (secondary N) is 1. The van der Waals surface area contributed by atoms with Gasteiger partial charge in [0.1, 0.15) is 5.56 Å². The third kappa shape index (κ3) is 2.83. The molecule has 8 heteroatoms. The Hall–Kier alpha value is -2.54. The molecule has 2 aromatic heterocycles. The van der Waals surface area contributed by atoms with E-state index in [2.05, 4.69) is 15.3 Å². The summed E-state index contributed by atoms with van der Waals surface area (Å²) >= 11 is 5.63. The van der Waals surface area contributed by atoms with E-state index in [0.29, 0.717) is 5.69 Å². The molecule has 0 unspecified atom stereocenters. The Balaban J connectivity index is 2.35. The van der Waals surface area contributed by atoms with E-state index in [0.717, 1.165) is 0 Å². The van der Waals surface area contributed by atoms with Gasteiger partial charge in [-0.1, -0.05) is 11.6 Å². The van der Waals surface area contributed by atoms with Gasteiger partial charge in [-0.05, 0) is 18.2 Å². The number of rotatable bonds is 3. The van der Waals surface area contributed by atoms with Gasteiger partial charge in [-0.2, -0.15) is 0 Å². The minimum atomic E-state index is -0.743. The normalized spacial score (nSPS) is 9.95. The van der Waals surface area contributed by atoms with Crippen LogP contribution >= 0.6 is 11.6 Å². The second-order valence-electron chi connectivity index (χ2n) is 3.45. The number of anilines is 1. The molecule has 0 aliphatic rings. The predicted molar refractivity (Wildman–Crippen MR) is 68.1 cm³/mol. The Morgan fingerprint density at radius 2 is 2.16 bits per heavy atom. The highest BCUT2D eigenvalue weighted by Gasteiger charge is 2.24. The van der Waals surface area contributed by atoms with Crippen molar-refractivity contribution in [2.24, 2.45) is 0 Å². The van der Waals surface area contributed by atoms with E-state index < -0.39 is 16.5 Å². The summed E-state index contributed by atoms with van der Waals surface area (Å²) in [7, 11) is 0. The number of nitro groups is 1. The number of halogens is 1. The molecule has 0 radical (unpaired) electrons. The monoisotopic (exact) mass is 278 g/mol. The van der Waals surface area contributed by atoms with Crippen molar-refractivity contribution in [1.82, 2.24) is 9.97 Å². The van der Waals surface area contributed by atoms with Gasteiger partial charge in [-0.25, -0.2) is 4.98 Å². The van der Waals surface area contributed by atoms with Crippen LogP contribution in [0.5, 0.6) is 0 Å².